The van der Waals surface area contributed by atoms with Gasteiger partial charge in [-0.05, 0) is 69.2 Å². The smallest absolute Gasteiger partial charge is 0.0346 e. The van der Waals surface area contributed by atoms with Gasteiger partial charge in [-0.15, -0.1) is 0 Å². The van der Waals surface area contributed by atoms with Crippen molar-refractivity contribution in [1.82, 2.24) is 4.90 Å². The van der Waals surface area contributed by atoms with Crippen LogP contribution in [0.2, 0.25) is 0 Å². The van der Waals surface area contributed by atoms with E-state index in [4.69, 9.17) is 5.73 Å². The van der Waals surface area contributed by atoms with Crippen molar-refractivity contribution >= 4 is 5.69 Å². The van der Waals surface area contributed by atoms with Crippen LogP contribution in [0.4, 0.5) is 5.69 Å². The van der Waals surface area contributed by atoms with Crippen molar-refractivity contribution in [2.45, 2.75) is 51.0 Å². The largest absolute Gasteiger partial charge is 0.399 e. The van der Waals surface area contributed by atoms with E-state index in [0.717, 1.165) is 24.1 Å². The summed E-state index contributed by atoms with van der Waals surface area (Å²) < 4.78 is 0. The Bertz CT molecular complexity index is 415. The molecule has 0 radical (unpaired) electrons. The Labute approximate surface area is 117 Å². The summed E-state index contributed by atoms with van der Waals surface area (Å²) in [6.45, 7) is 2.58. The Morgan fingerprint density at radius 2 is 1.95 bits per heavy atom. The molecular formula is C17H26N2. The number of rotatable bonds is 4. The first-order valence-corrected chi connectivity index (χ1v) is 7.92. The van der Waals surface area contributed by atoms with E-state index in [-0.39, 0.29) is 0 Å². The zero-order chi connectivity index (χ0) is 13.1. The molecule has 1 saturated heterocycles. The van der Waals surface area contributed by atoms with Gasteiger partial charge in [0.15, 0.2) is 0 Å². The molecule has 0 aromatic heterocycles. The van der Waals surface area contributed by atoms with Gasteiger partial charge in [0.2, 0.25) is 0 Å². The van der Waals surface area contributed by atoms with Gasteiger partial charge in [-0.1, -0.05) is 24.6 Å². The van der Waals surface area contributed by atoms with E-state index >= 15 is 0 Å². The predicted molar refractivity (Wildman–Crippen MR) is 81.1 cm³/mol. The van der Waals surface area contributed by atoms with Crippen molar-refractivity contribution in [2.75, 3.05) is 18.8 Å². The molecule has 19 heavy (non-hydrogen) atoms. The number of likely N-dealkylation sites (tertiary alicyclic amines) is 1. The summed E-state index contributed by atoms with van der Waals surface area (Å²) in [5.74, 6) is 1.01. The third kappa shape index (κ3) is 2.94. The zero-order valence-corrected chi connectivity index (χ0v) is 11.9. The molecule has 2 aliphatic rings. The quantitative estimate of drug-likeness (QED) is 0.838. The third-order valence-corrected chi connectivity index (χ3v) is 5.05. The average molecular weight is 258 g/mol. The second-order valence-corrected chi connectivity index (χ2v) is 6.24. The van der Waals surface area contributed by atoms with Crippen molar-refractivity contribution < 1.29 is 0 Å². The lowest BCUT2D eigenvalue weighted by atomic mass is 9.91. The first-order chi connectivity index (χ1) is 9.34. The van der Waals surface area contributed by atoms with Crippen LogP contribution in [0.25, 0.3) is 0 Å². The summed E-state index contributed by atoms with van der Waals surface area (Å²) in [6, 6.07) is 9.21. The summed E-state index contributed by atoms with van der Waals surface area (Å²) in [4.78, 5) is 2.76. The highest BCUT2D eigenvalue weighted by atomic mass is 15.2. The first-order valence-electron chi connectivity index (χ1n) is 7.92. The number of anilines is 1. The van der Waals surface area contributed by atoms with Crippen molar-refractivity contribution in [3.05, 3.63) is 29.8 Å². The predicted octanol–water partition coefficient (Wildman–Crippen LogP) is 3.47. The van der Waals surface area contributed by atoms with Crippen molar-refractivity contribution in [3.8, 4) is 0 Å². The van der Waals surface area contributed by atoms with E-state index in [1.165, 1.54) is 57.2 Å². The third-order valence-electron chi connectivity index (χ3n) is 5.05. The number of nitrogens with two attached hydrogens (primary N) is 1. The van der Waals surface area contributed by atoms with Crippen LogP contribution in [0.5, 0.6) is 0 Å². The summed E-state index contributed by atoms with van der Waals surface area (Å²) in [6.07, 6.45) is 9.64. The highest BCUT2D eigenvalue weighted by Gasteiger charge is 2.34. The molecule has 0 amide bonds. The Morgan fingerprint density at radius 3 is 2.84 bits per heavy atom. The minimum atomic E-state index is 0.905. The topological polar surface area (TPSA) is 29.3 Å². The summed E-state index contributed by atoms with van der Waals surface area (Å²) >= 11 is 0. The molecule has 2 atom stereocenters. The molecule has 0 spiro atoms. The molecule has 1 aromatic carbocycles. The standard InChI is InChI=1S/C17H26N2/c18-16-10-2-1-6-14(16)8-4-12-19-13-5-9-15-7-3-11-17(15)19/h1-2,6,10,15,17H,3-5,7-9,11-13,18H2. The minimum Gasteiger partial charge on any atom is -0.399 e. The Hall–Kier alpha value is -1.02. The molecule has 1 aliphatic heterocycles. The van der Waals surface area contributed by atoms with Gasteiger partial charge in [-0.2, -0.15) is 0 Å². The van der Waals surface area contributed by atoms with Crippen molar-refractivity contribution in [2.24, 2.45) is 5.92 Å². The number of hydrogen-bond donors (Lipinski definition) is 1. The lowest BCUT2D eigenvalue weighted by Gasteiger charge is -2.37. The van der Waals surface area contributed by atoms with Crippen molar-refractivity contribution in [1.29, 1.82) is 0 Å². The molecule has 3 rings (SSSR count). The van der Waals surface area contributed by atoms with Crippen LogP contribution in [0.1, 0.15) is 44.1 Å². The average Bonchev–Trinajstić information content (AvgIpc) is 2.90. The van der Waals surface area contributed by atoms with Gasteiger partial charge >= 0.3 is 0 Å². The van der Waals surface area contributed by atoms with Crippen LogP contribution in [0.15, 0.2) is 24.3 Å². The van der Waals surface area contributed by atoms with E-state index in [2.05, 4.69) is 17.0 Å². The second-order valence-electron chi connectivity index (χ2n) is 6.24. The summed E-state index contributed by atoms with van der Waals surface area (Å²) in [5.41, 5.74) is 8.29. The molecule has 2 N–H and O–H groups in total. The molecule has 104 valence electrons. The van der Waals surface area contributed by atoms with Gasteiger partial charge in [0.05, 0.1) is 0 Å². The number of fused-ring (bicyclic) bond motifs is 1. The summed E-state index contributed by atoms with van der Waals surface area (Å²) in [7, 11) is 0. The van der Waals surface area contributed by atoms with Crippen LogP contribution in [0, 0.1) is 5.92 Å². The minimum absolute atomic E-state index is 0.905. The summed E-state index contributed by atoms with van der Waals surface area (Å²) in [5, 5.41) is 0. The SMILES string of the molecule is Nc1ccccc1CCCN1CCCC2CCCC21. The maximum Gasteiger partial charge on any atom is 0.0346 e. The number of nitrogen functional groups attached to an aromatic ring is 1. The molecule has 1 saturated carbocycles. The zero-order valence-electron chi connectivity index (χ0n) is 11.9. The van der Waals surface area contributed by atoms with E-state index in [9.17, 15) is 0 Å². The van der Waals surface area contributed by atoms with Gasteiger partial charge < -0.3 is 10.6 Å². The molecule has 1 aliphatic carbocycles. The second kappa shape index (κ2) is 5.96. The van der Waals surface area contributed by atoms with Crippen LogP contribution < -0.4 is 5.73 Å². The monoisotopic (exact) mass is 258 g/mol. The Balaban J connectivity index is 1.51. The van der Waals surface area contributed by atoms with Crippen LogP contribution in [-0.4, -0.2) is 24.0 Å². The number of nitrogens with zero attached hydrogens (tertiary/aromatic N) is 1. The van der Waals surface area contributed by atoms with Crippen LogP contribution in [0.3, 0.4) is 0 Å². The first kappa shape index (κ1) is 13.0. The fraction of sp³-hybridized carbons (Fsp3) is 0.647. The lowest BCUT2D eigenvalue weighted by Crippen LogP contribution is -2.43. The molecule has 2 unspecified atom stereocenters. The van der Waals surface area contributed by atoms with E-state index in [1.807, 2.05) is 12.1 Å². The van der Waals surface area contributed by atoms with E-state index in [1.54, 1.807) is 0 Å². The van der Waals surface area contributed by atoms with Crippen LogP contribution >= 0.6 is 0 Å². The Kier molecular flexibility index (Phi) is 4.07. The van der Waals surface area contributed by atoms with Gasteiger partial charge in [-0.3, -0.25) is 0 Å². The Morgan fingerprint density at radius 1 is 1.11 bits per heavy atom. The number of benzene rings is 1. The van der Waals surface area contributed by atoms with Gasteiger partial charge in [0, 0.05) is 11.7 Å². The molecular weight excluding hydrogens is 232 g/mol. The molecule has 0 bridgehead atoms. The molecule has 1 heterocycles. The maximum atomic E-state index is 6.01. The lowest BCUT2D eigenvalue weighted by molar-refractivity contribution is 0.112. The number of aryl methyl sites for hydroxylation is 1. The number of hydrogen-bond acceptors (Lipinski definition) is 2. The molecule has 2 fully saturated rings. The number of para-hydroxylation sites is 1. The molecule has 1 aromatic rings. The van der Waals surface area contributed by atoms with Gasteiger partial charge in [0.1, 0.15) is 0 Å². The van der Waals surface area contributed by atoms with Crippen LogP contribution in [-0.2, 0) is 6.42 Å². The fourth-order valence-corrected chi connectivity index (χ4v) is 4.07. The fourth-order valence-electron chi connectivity index (χ4n) is 4.07. The highest BCUT2D eigenvalue weighted by molar-refractivity contribution is 5.46. The molecule has 2 nitrogen and oxygen atoms in total. The highest BCUT2D eigenvalue weighted by Crippen LogP contribution is 2.36. The normalized spacial score (nSPS) is 27.4. The molecule has 2 heteroatoms. The van der Waals surface area contributed by atoms with Crippen molar-refractivity contribution in [3.63, 3.8) is 0 Å². The van der Waals surface area contributed by atoms with E-state index in [0.29, 0.717) is 0 Å². The number of piperidine rings is 1. The van der Waals surface area contributed by atoms with Gasteiger partial charge in [0.25, 0.3) is 0 Å². The van der Waals surface area contributed by atoms with E-state index < -0.39 is 0 Å². The maximum absolute atomic E-state index is 6.01. The van der Waals surface area contributed by atoms with Gasteiger partial charge in [-0.25, -0.2) is 0 Å².